The van der Waals surface area contributed by atoms with Gasteiger partial charge in [-0.25, -0.2) is 14.0 Å². The van der Waals surface area contributed by atoms with Crippen LogP contribution in [-0.2, 0) is 15.7 Å². The van der Waals surface area contributed by atoms with Gasteiger partial charge in [0, 0.05) is 9.28 Å². The Bertz CT molecular complexity index is 751. The van der Waals surface area contributed by atoms with Crippen LogP contribution in [0.1, 0.15) is 48.5 Å². The number of amides is 1. The van der Waals surface area contributed by atoms with Gasteiger partial charge < -0.3 is 4.74 Å². The Labute approximate surface area is 186 Å². The highest BCUT2D eigenvalue weighted by Gasteiger charge is 2.28. The number of ether oxygens (including phenoxy) is 1. The molecule has 0 saturated heterocycles. The summed E-state index contributed by atoms with van der Waals surface area (Å²) in [5, 5.41) is 0.291. The Morgan fingerprint density at radius 2 is 1.85 bits per heavy atom. The molecule has 0 saturated carbocycles. The SMILES string of the molecule is C/C(CN(C(=O)OC(C)(C)C)c1c(I)cc(Cl)nc1Cl)=N\S(=O)C(C)(C)C. The minimum atomic E-state index is -1.45. The summed E-state index contributed by atoms with van der Waals surface area (Å²) in [4.78, 5) is 18.2. The summed E-state index contributed by atoms with van der Waals surface area (Å²) >= 11 is 14.2. The fraction of sp³-hybridized carbons (Fsp3) is 0.588. The molecule has 0 aliphatic carbocycles. The molecule has 0 spiro atoms. The maximum atomic E-state index is 12.8. The largest absolute Gasteiger partial charge is 0.443 e. The first-order valence-electron chi connectivity index (χ1n) is 8.10. The summed E-state index contributed by atoms with van der Waals surface area (Å²) in [7, 11) is -1.45. The van der Waals surface area contributed by atoms with E-state index in [-0.39, 0.29) is 16.9 Å². The smallest absolute Gasteiger partial charge is 0.415 e. The molecule has 0 aliphatic heterocycles. The topological polar surface area (TPSA) is 71.9 Å². The lowest BCUT2D eigenvalue weighted by molar-refractivity contribution is 0.0585. The lowest BCUT2D eigenvalue weighted by Gasteiger charge is -2.28. The summed E-state index contributed by atoms with van der Waals surface area (Å²) in [6.07, 6.45) is -0.609. The molecule has 1 aromatic heterocycles. The second-order valence-electron chi connectivity index (χ2n) is 7.82. The van der Waals surface area contributed by atoms with Gasteiger partial charge in [-0.05, 0) is 77.1 Å². The first-order valence-corrected chi connectivity index (χ1v) is 11.0. The normalized spacial score (nSPS) is 14.1. The quantitative estimate of drug-likeness (QED) is 0.277. The lowest BCUT2D eigenvalue weighted by Crippen LogP contribution is -2.40. The van der Waals surface area contributed by atoms with Crippen LogP contribution in [0.25, 0.3) is 0 Å². The predicted molar refractivity (Wildman–Crippen MR) is 122 cm³/mol. The Kier molecular flexibility index (Phi) is 8.53. The average molecular weight is 548 g/mol. The van der Waals surface area contributed by atoms with E-state index in [0.29, 0.717) is 15.0 Å². The molecule has 0 N–H and O–H groups in total. The highest BCUT2D eigenvalue weighted by atomic mass is 127. The third-order valence-electron chi connectivity index (χ3n) is 2.91. The summed E-state index contributed by atoms with van der Waals surface area (Å²) in [6, 6.07) is 1.60. The molecular weight excluding hydrogens is 524 g/mol. The van der Waals surface area contributed by atoms with Crippen LogP contribution in [0.5, 0.6) is 0 Å². The van der Waals surface area contributed by atoms with Crippen molar-refractivity contribution >= 4 is 74.3 Å². The van der Waals surface area contributed by atoms with Gasteiger partial charge in [0.25, 0.3) is 0 Å². The lowest BCUT2D eigenvalue weighted by atomic mass is 10.2. The van der Waals surface area contributed by atoms with E-state index in [1.54, 1.807) is 33.8 Å². The molecule has 0 fully saturated rings. The van der Waals surface area contributed by atoms with Gasteiger partial charge in [0.05, 0.1) is 17.0 Å². The highest BCUT2D eigenvalue weighted by molar-refractivity contribution is 14.1. The number of pyridine rings is 1. The molecule has 1 rings (SSSR count). The molecule has 0 aromatic carbocycles. The number of carbonyl (C=O) groups excluding carboxylic acids is 1. The molecule has 0 bridgehead atoms. The number of aromatic nitrogens is 1. The number of anilines is 1. The Morgan fingerprint density at radius 3 is 2.30 bits per heavy atom. The van der Waals surface area contributed by atoms with Crippen molar-refractivity contribution < 1.29 is 13.7 Å². The van der Waals surface area contributed by atoms with Gasteiger partial charge >= 0.3 is 6.09 Å². The van der Waals surface area contributed by atoms with Crippen molar-refractivity contribution in [3.8, 4) is 0 Å². The number of hydrogen-bond donors (Lipinski definition) is 0. The second kappa shape index (κ2) is 9.37. The van der Waals surface area contributed by atoms with E-state index in [1.165, 1.54) is 4.90 Å². The maximum absolute atomic E-state index is 12.8. The van der Waals surface area contributed by atoms with Crippen LogP contribution in [0.15, 0.2) is 10.5 Å². The minimum absolute atomic E-state index is 0.0514. The molecule has 1 amide bonds. The van der Waals surface area contributed by atoms with E-state index in [0.717, 1.165) is 0 Å². The Hall–Kier alpha value is -0.450. The zero-order valence-electron chi connectivity index (χ0n) is 16.4. The summed E-state index contributed by atoms with van der Waals surface area (Å²) in [5.74, 6) is 0. The fourth-order valence-corrected chi connectivity index (χ4v) is 4.11. The molecule has 27 heavy (non-hydrogen) atoms. The Balaban J connectivity index is 3.34. The molecule has 1 unspecified atom stereocenters. The van der Waals surface area contributed by atoms with E-state index in [1.807, 2.05) is 43.4 Å². The van der Waals surface area contributed by atoms with E-state index in [9.17, 15) is 9.00 Å². The summed E-state index contributed by atoms with van der Waals surface area (Å²) in [5.41, 5.74) is 0.162. The van der Waals surface area contributed by atoms with Gasteiger partial charge in [-0.15, -0.1) is 0 Å². The van der Waals surface area contributed by atoms with Gasteiger partial charge in [0.15, 0.2) is 5.15 Å². The number of halogens is 3. The van der Waals surface area contributed by atoms with Crippen LogP contribution in [0, 0.1) is 3.57 Å². The van der Waals surface area contributed by atoms with Crippen LogP contribution >= 0.6 is 45.8 Å². The Morgan fingerprint density at radius 1 is 1.30 bits per heavy atom. The van der Waals surface area contributed by atoms with Crippen molar-refractivity contribution in [2.24, 2.45) is 4.40 Å². The van der Waals surface area contributed by atoms with Gasteiger partial charge in [0.1, 0.15) is 21.7 Å². The van der Waals surface area contributed by atoms with Crippen molar-refractivity contribution in [2.45, 2.75) is 58.8 Å². The molecule has 6 nitrogen and oxygen atoms in total. The first-order chi connectivity index (χ1) is 12.1. The third kappa shape index (κ3) is 7.83. The van der Waals surface area contributed by atoms with Gasteiger partial charge in [-0.2, -0.15) is 4.40 Å². The minimum Gasteiger partial charge on any atom is -0.443 e. The van der Waals surface area contributed by atoms with E-state index in [4.69, 9.17) is 27.9 Å². The van der Waals surface area contributed by atoms with Crippen LogP contribution in [-0.4, -0.2) is 37.9 Å². The molecule has 10 heteroatoms. The van der Waals surface area contributed by atoms with Gasteiger partial charge in [-0.3, -0.25) is 4.90 Å². The van der Waals surface area contributed by atoms with E-state index in [2.05, 4.69) is 9.38 Å². The van der Waals surface area contributed by atoms with Crippen LogP contribution in [0.4, 0.5) is 10.5 Å². The van der Waals surface area contributed by atoms with Crippen LogP contribution in [0.3, 0.4) is 0 Å². The summed E-state index contributed by atoms with van der Waals surface area (Å²) in [6.45, 7) is 12.5. The first kappa shape index (κ1) is 24.6. The molecule has 152 valence electrons. The standard InChI is InChI=1S/C17H24Cl2IN3O3S/c1-10(22-27(25)17(5,6)7)9-23(15(24)26-16(2,3)4)13-11(20)8-12(18)21-14(13)19/h8H,9H2,1-7H3/b22-10+. The van der Waals surface area contributed by atoms with Crippen molar-refractivity contribution in [2.75, 3.05) is 11.4 Å². The molecule has 0 aliphatic rings. The summed E-state index contributed by atoms with van der Waals surface area (Å²) < 4.78 is 22.1. The van der Waals surface area contributed by atoms with Gasteiger partial charge in [-0.1, -0.05) is 23.2 Å². The highest BCUT2D eigenvalue weighted by Crippen LogP contribution is 2.33. The molecule has 1 heterocycles. The molecule has 0 radical (unpaired) electrons. The predicted octanol–water partition coefficient (Wildman–Crippen LogP) is 5.66. The van der Waals surface area contributed by atoms with E-state index >= 15 is 0 Å². The van der Waals surface area contributed by atoms with Crippen molar-refractivity contribution in [1.82, 2.24) is 4.98 Å². The number of nitrogens with zero attached hydrogens (tertiary/aromatic N) is 3. The average Bonchev–Trinajstić information content (AvgIpc) is 2.41. The zero-order valence-corrected chi connectivity index (χ0v) is 20.9. The van der Waals surface area contributed by atoms with Crippen LogP contribution < -0.4 is 4.90 Å². The van der Waals surface area contributed by atoms with Crippen molar-refractivity contribution in [3.63, 3.8) is 0 Å². The fourth-order valence-electron chi connectivity index (χ4n) is 1.78. The monoisotopic (exact) mass is 547 g/mol. The van der Waals surface area contributed by atoms with Crippen LogP contribution in [0.2, 0.25) is 10.3 Å². The van der Waals surface area contributed by atoms with E-state index < -0.39 is 27.4 Å². The number of carbonyl (C=O) groups is 1. The molecule has 1 aromatic rings. The third-order valence-corrected chi connectivity index (χ3v) is 5.71. The van der Waals surface area contributed by atoms with Crippen molar-refractivity contribution in [3.05, 3.63) is 19.9 Å². The second-order valence-corrected chi connectivity index (χ2v) is 11.6. The maximum Gasteiger partial charge on any atom is 0.415 e. The molecular formula is C17H24Cl2IN3O3S. The van der Waals surface area contributed by atoms with Crippen molar-refractivity contribution in [1.29, 1.82) is 0 Å². The number of hydrogen-bond acceptors (Lipinski definition) is 4. The zero-order chi connectivity index (χ0) is 21.2. The molecule has 1 atom stereocenters. The van der Waals surface area contributed by atoms with Gasteiger partial charge in [0.2, 0.25) is 0 Å². The number of rotatable bonds is 4.